The molecular weight excluding hydrogens is 358 g/mol. The minimum atomic E-state index is -0.734. The van der Waals surface area contributed by atoms with E-state index in [1.807, 2.05) is 0 Å². The fourth-order valence-corrected chi connectivity index (χ4v) is 2.36. The van der Waals surface area contributed by atoms with Crippen molar-refractivity contribution in [3.05, 3.63) is 79.5 Å². The third-order valence-electron chi connectivity index (χ3n) is 3.65. The summed E-state index contributed by atoms with van der Waals surface area (Å²) >= 11 is 0. The molecule has 0 saturated carbocycles. The van der Waals surface area contributed by atoms with Crippen LogP contribution in [0.4, 0.5) is 11.4 Å². The normalized spacial score (nSPS) is 14.6. The number of methoxy groups -OCH3 is 1. The topological polar surface area (TPSA) is 134 Å². The molecule has 2 aromatic rings. The van der Waals surface area contributed by atoms with E-state index in [0.717, 1.165) is 0 Å². The van der Waals surface area contributed by atoms with E-state index in [4.69, 9.17) is 9.47 Å². The van der Waals surface area contributed by atoms with E-state index in [9.17, 15) is 25.0 Å². The highest BCUT2D eigenvalue weighted by atomic mass is 16.6. The van der Waals surface area contributed by atoms with Crippen LogP contribution in [0.1, 0.15) is 11.1 Å². The monoisotopic (exact) mass is 369 g/mol. The number of carbonyl (C=O) groups excluding carboxylic acids is 1. The van der Waals surface area contributed by atoms with Crippen molar-refractivity contribution in [1.82, 2.24) is 0 Å². The lowest BCUT2D eigenvalue weighted by Crippen LogP contribution is -2.05. The first-order chi connectivity index (χ1) is 12.9. The van der Waals surface area contributed by atoms with E-state index in [2.05, 4.69) is 4.99 Å². The summed E-state index contributed by atoms with van der Waals surface area (Å²) < 4.78 is 9.99. The molecule has 0 atom stereocenters. The van der Waals surface area contributed by atoms with Gasteiger partial charge >= 0.3 is 11.7 Å². The molecule has 0 radical (unpaired) electrons. The van der Waals surface area contributed by atoms with Gasteiger partial charge in [0.15, 0.2) is 11.4 Å². The first-order valence-electron chi connectivity index (χ1n) is 7.49. The minimum Gasteiger partial charge on any atom is -0.490 e. The summed E-state index contributed by atoms with van der Waals surface area (Å²) in [6.07, 6.45) is 1.34. The number of nitro benzene ring substituents is 2. The standard InChI is InChI=1S/C17H11N3O7/c1-26-15-7-2-10(9-14(15)20(24)25)8-13-17(21)27-16(18-13)11-3-5-12(6-4-11)19(22)23/h2-9H,1H3/b13-8-. The van der Waals surface area contributed by atoms with Crippen LogP contribution in [0.5, 0.6) is 5.75 Å². The Morgan fingerprint density at radius 2 is 1.78 bits per heavy atom. The molecule has 10 nitrogen and oxygen atoms in total. The molecule has 0 fully saturated rings. The number of hydrogen-bond acceptors (Lipinski definition) is 8. The van der Waals surface area contributed by atoms with Crippen molar-refractivity contribution in [3.8, 4) is 5.75 Å². The predicted molar refractivity (Wildman–Crippen MR) is 93.4 cm³/mol. The molecule has 3 rings (SSSR count). The largest absolute Gasteiger partial charge is 0.490 e. The average molecular weight is 369 g/mol. The van der Waals surface area contributed by atoms with Crippen molar-refractivity contribution in [2.75, 3.05) is 7.11 Å². The van der Waals surface area contributed by atoms with Crippen LogP contribution in [0.2, 0.25) is 0 Å². The molecule has 1 heterocycles. The smallest absolute Gasteiger partial charge is 0.363 e. The third kappa shape index (κ3) is 3.63. The van der Waals surface area contributed by atoms with E-state index in [-0.39, 0.29) is 28.7 Å². The maximum absolute atomic E-state index is 12.0. The molecule has 1 aliphatic heterocycles. The van der Waals surface area contributed by atoms with Gasteiger partial charge in [-0.1, -0.05) is 6.07 Å². The fraction of sp³-hybridized carbons (Fsp3) is 0.0588. The molecule has 0 bridgehead atoms. The highest BCUT2D eigenvalue weighted by Gasteiger charge is 2.25. The zero-order valence-electron chi connectivity index (χ0n) is 13.8. The van der Waals surface area contributed by atoms with Gasteiger partial charge in [0.25, 0.3) is 5.69 Å². The Morgan fingerprint density at radius 3 is 2.37 bits per heavy atom. The van der Waals surface area contributed by atoms with Gasteiger partial charge in [0.1, 0.15) is 0 Å². The van der Waals surface area contributed by atoms with Crippen LogP contribution in [-0.4, -0.2) is 28.8 Å². The summed E-state index contributed by atoms with van der Waals surface area (Å²) in [7, 11) is 1.32. The maximum atomic E-state index is 12.0. The Hall–Kier alpha value is -4.08. The molecule has 0 saturated heterocycles. The number of non-ortho nitro benzene ring substituents is 1. The quantitative estimate of drug-likeness (QED) is 0.342. The number of esters is 1. The van der Waals surface area contributed by atoms with Crippen molar-refractivity contribution in [3.63, 3.8) is 0 Å². The van der Waals surface area contributed by atoms with Crippen LogP contribution in [0.25, 0.3) is 6.08 Å². The van der Waals surface area contributed by atoms with Crippen molar-refractivity contribution in [2.45, 2.75) is 0 Å². The van der Waals surface area contributed by atoms with Gasteiger partial charge in [-0.25, -0.2) is 9.79 Å². The number of rotatable bonds is 5. The second-order valence-electron chi connectivity index (χ2n) is 5.33. The molecule has 27 heavy (non-hydrogen) atoms. The first kappa shape index (κ1) is 17.7. The SMILES string of the molecule is COc1ccc(/C=C2\N=C(c3ccc([N+](=O)[O-])cc3)OC2=O)cc1[N+](=O)[O-]. The molecule has 0 unspecified atom stereocenters. The highest BCUT2D eigenvalue weighted by Crippen LogP contribution is 2.29. The second-order valence-corrected chi connectivity index (χ2v) is 5.33. The van der Waals surface area contributed by atoms with Gasteiger partial charge in [-0.15, -0.1) is 0 Å². The highest BCUT2D eigenvalue weighted by molar-refractivity contribution is 6.12. The molecule has 0 aliphatic carbocycles. The van der Waals surface area contributed by atoms with Crippen LogP contribution in [0.3, 0.4) is 0 Å². The number of ether oxygens (including phenoxy) is 2. The number of carbonyl (C=O) groups is 1. The van der Waals surface area contributed by atoms with E-state index in [1.165, 1.54) is 55.7 Å². The number of benzene rings is 2. The first-order valence-corrected chi connectivity index (χ1v) is 7.49. The number of cyclic esters (lactones) is 1. The summed E-state index contributed by atoms with van der Waals surface area (Å²) in [5, 5.41) is 21.8. The number of hydrogen-bond donors (Lipinski definition) is 0. The Balaban J connectivity index is 1.93. The number of nitrogens with zero attached hydrogens (tertiary/aromatic N) is 3. The van der Waals surface area contributed by atoms with Crippen molar-refractivity contribution in [1.29, 1.82) is 0 Å². The van der Waals surface area contributed by atoms with Gasteiger partial charge < -0.3 is 9.47 Å². The zero-order valence-corrected chi connectivity index (χ0v) is 13.8. The zero-order chi connectivity index (χ0) is 19.6. The number of nitro groups is 2. The lowest BCUT2D eigenvalue weighted by molar-refractivity contribution is -0.385. The molecule has 0 N–H and O–H groups in total. The molecule has 0 aromatic heterocycles. The Kier molecular flexibility index (Phi) is 4.62. The second kappa shape index (κ2) is 7.04. The van der Waals surface area contributed by atoms with Gasteiger partial charge in [-0.2, -0.15) is 0 Å². The molecule has 136 valence electrons. The van der Waals surface area contributed by atoms with Crippen LogP contribution in [0, 0.1) is 20.2 Å². The van der Waals surface area contributed by atoms with Crippen molar-refractivity contribution in [2.24, 2.45) is 4.99 Å². The molecule has 2 aromatic carbocycles. The van der Waals surface area contributed by atoms with Crippen LogP contribution in [0.15, 0.2) is 53.2 Å². The van der Waals surface area contributed by atoms with Crippen molar-refractivity contribution >= 4 is 29.3 Å². The predicted octanol–water partition coefficient (Wildman–Crippen LogP) is 2.86. The van der Waals surface area contributed by atoms with E-state index >= 15 is 0 Å². The molecule has 10 heteroatoms. The summed E-state index contributed by atoms with van der Waals surface area (Å²) in [6.45, 7) is 0. The lowest BCUT2D eigenvalue weighted by atomic mass is 10.1. The Bertz CT molecular complexity index is 1010. The van der Waals surface area contributed by atoms with E-state index in [1.54, 1.807) is 0 Å². The van der Waals surface area contributed by atoms with Crippen LogP contribution in [-0.2, 0) is 9.53 Å². The average Bonchev–Trinajstić information content (AvgIpc) is 3.02. The van der Waals surface area contributed by atoms with Crippen LogP contribution < -0.4 is 4.74 Å². The summed E-state index contributed by atoms with van der Waals surface area (Å²) in [5.41, 5.74) is 0.340. The van der Waals surface area contributed by atoms with Gasteiger partial charge in [-0.05, 0) is 29.8 Å². The molecule has 0 amide bonds. The van der Waals surface area contributed by atoms with Crippen LogP contribution >= 0.6 is 0 Å². The summed E-state index contributed by atoms with van der Waals surface area (Å²) in [6, 6.07) is 9.53. The van der Waals surface area contributed by atoms with E-state index in [0.29, 0.717) is 11.1 Å². The molecule has 1 aliphatic rings. The Morgan fingerprint density at radius 1 is 1.07 bits per heavy atom. The third-order valence-corrected chi connectivity index (χ3v) is 3.65. The van der Waals surface area contributed by atoms with E-state index < -0.39 is 15.8 Å². The molecular formula is C17H11N3O7. The number of aliphatic imine (C=N–C) groups is 1. The fourth-order valence-electron chi connectivity index (χ4n) is 2.36. The van der Waals surface area contributed by atoms with Gasteiger partial charge in [0.05, 0.1) is 17.0 Å². The lowest BCUT2D eigenvalue weighted by Gasteiger charge is -2.02. The van der Waals surface area contributed by atoms with Crippen molar-refractivity contribution < 1.29 is 24.1 Å². The van der Waals surface area contributed by atoms with Gasteiger partial charge in [-0.3, -0.25) is 20.2 Å². The Labute approximate surface area is 151 Å². The minimum absolute atomic E-state index is 0.0100. The maximum Gasteiger partial charge on any atom is 0.363 e. The summed E-state index contributed by atoms with van der Waals surface area (Å²) in [5.74, 6) is -0.655. The molecule has 0 spiro atoms. The summed E-state index contributed by atoms with van der Waals surface area (Å²) in [4.78, 5) is 36.7. The van der Waals surface area contributed by atoms with Gasteiger partial charge in [0.2, 0.25) is 5.90 Å². The van der Waals surface area contributed by atoms with Gasteiger partial charge in [0, 0.05) is 23.8 Å².